The second kappa shape index (κ2) is 3.94. The third-order valence-electron chi connectivity index (χ3n) is 2.15. The molecule has 1 aromatic carbocycles. The van der Waals surface area contributed by atoms with Crippen LogP contribution in [0.1, 0.15) is 6.42 Å². The van der Waals surface area contributed by atoms with E-state index in [4.69, 9.17) is 10.5 Å². The summed E-state index contributed by atoms with van der Waals surface area (Å²) in [5.41, 5.74) is 1.09. The number of hydrogen-bond donors (Lipinski definition) is 2. The van der Waals surface area contributed by atoms with Crippen LogP contribution in [-0.2, 0) is 6.54 Å². The van der Waals surface area contributed by atoms with Crippen LogP contribution in [-0.4, -0.2) is 16.3 Å². The normalized spacial score (nSPS) is 10.9. The van der Waals surface area contributed by atoms with Gasteiger partial charge < -0.3 is 9.67 Å². The van der Waals surface area contributed by atoms with E-state index in [1.807, 2.05) is 28.8 Å². The van der Waals surface area contributed by atoms with Crippen molar-refractivity contribution in [2.24, 2.45) is 0 Å². The van der Waals surface area contributed by atoms with E-state index in [0.29, 0.717) is 11.2 Å². The predicted octanol–water partition coefficient (Wildman–Crippen LogP) is 1.56. The first kappa shape index (κ1) is 9.43. The fraction of sp³-hybridized carbons (Fsp3) is 0.300. The fourth-order valence-electron chi connectivity index (χ4n) is 1.49. The third kappa shape index (κ3) is 1.58. The van der Waals surface area contributed by atoms with Crippen LogP contribution in [0.2, 0.25) is 0 Å². The number of para-hydroxylation sites is 1. The van der Waals surface area contributed by atoms with E-state index in [1.165, 1.54) is 11.3 Å². The van der Waals surface area contributed by atoms with Gasteiger partial charge in [-0.15, -0.1) is 0 Å². The van der Waals surface area contributed by atoms with E-state index < -0.39 is 0 Å². The van der Waals surface area contributed by atoms with E-state index in [2.05, 4.69) is 0 Å². The van der Waals surface area contributed by atoms with Crippen molar-refractivity contribution in [3.8, 4) is 0 Å². The number of aryl methyl sites for hydroxylation is 1. The molecule has 1 aromatic heterocycles. The molecule has 0 fully saturated rings. The maximum absolute atomic E-state index is 8.76. The van der Waals surface area contributed by atoms with E-state index >= 15 is 0 Å². The monoisotopic (exact) mass is 208 g/mol. The summed E-state index contributed by atoms with van der Waals surface area (Å²) in [6, 6.07) is 7.99. The van der Waals surface area contributed by atoms with Gasteiger partial charge in [-0.05, 0) is 18.6 Å². The Balaban J connectivity index is 2.51. The second-order valence-corrected chi connectivity index (χ2v) is 4.13. The lowest BCUT2D eigenvalue weighted by Crippen LogP contribution is -2.13. The van der Waals surface area contributed by atoms with Gasteiger partial charge >= 0.3 is 0 Å². The molecule has 0 radical (unpaired) electrons. The molecule has 0 atom stereocenters. The molecule has 1 heterocycles. The second-order valence-electron chi connectivity index (χ2n) is 3.10. The van der Waals surface area contributed by atoms with Crippen LogP contribution in [0.3, 0.4) is 0 Å². The number of rotatable bonds is 3. The van der Waals surface area contributed by atoms with Crippen LogP contribution >= 0.6 is 11.3 Å². The first-order valence-corrected chi connectivity index (χ1v) is 5.38. The molecule has 0 bridgehead atoms. The van der Waals surface area contributed by atoms with Crippen LogP contribution in [0.4, 0.5) is 0 Å². The Bertz CT molecular complexity index is 486. The number of aliphatic hydroxyl groups is 1. The maximum atomic E-state index is 8.76. The van der Waals surface area contributed by atoms with Gasteiger partial charge in [0.25, 0.3) is 0 Å². The zero-order valence-corrected chi connectivity index (χ0v) is 8.55. The quantitative estimate of drug-likeness (QED) is 0.790. The van der Waals surface area contributed by atoms with Crippen molar-refractivity contribution in [1.82, 2.24) is 4.57 Å². The molecule has 0 amide bonds. The average molecular weight is 208 g/mol. The van der Waals surface area contributed by atoms with Crippen molar-refractivity contribution in [1.29, 1.82) is 5.41 Å². The van der Waals surface area contributed by atoms with Crippen molar-refractivity contribution in [3.05, 3.63) is 29.1 Å². The Kier molecular flexibility index (Phi) is 2.65. The average Bonchev–Trinajstić information content (AvgIpc) is 2.51. The van der Waals surface area contributed by atoms with Gasteiger partial charge in [0.15, 0.2) is 4.80 Å². The van der Waals surface area contributed by atoms with Gasteiger partial charge in [-0.3, -0.25) is 5.41 Å². The van der Waals surface area contributed by atoms with E-state index in [1.54, 1.807) is 0 Å². The number of nitrogens with one attached hydrogen (secondary N) is 1. The molecule has 4 heteroatoms. The highest BCUT2D eigenvalue weighted by Gasteiger charge is 2.02. The van der Waals surface area contributed by atoms with Gasteiger partial charge in [-0.2, -0.15) is 0 Å². The van der Waals surface area contributed by atoms with Crippen LogP contribution in [0, 0.1) is 5.41 Å². The summed E-state index contributed by atoms with van der Waals surface area (Å²) in [5, 5.41) is 16.5. The molecule has 3 nitrogen and oxygen atoms in total. The molecule has 14 heavy (non-hydrogen) atoms. The fourth-order valence-corrected chi connectivity index (χ4v) is 2.42. The molecule has 74 valence electrons. The van der Waals surface area contributed by atoms with E-state index in [0.717, 1.165) is 16.8 Å². The SMILES string of the molecule is N=c1sc2ccccc2n1CCCO. The number of hydrogen-bond acceptors (Lipinski definition) is 3. The first-order chi connectivity index (χ1) is 6.83. The van der Waals surface area contributed by atoms with Crippen molar-refractivity contribution in [2.75, 3.05) is 6.61 Å². The summed E-state index contributed by atoms with van der Waals surface area (Å²) in [7, 11) is 0. The standard InChI is InChI=1S/C10H12N2OS/c11-10-12(6-3-7-13)8-4-1-2-5-9(8)14-10/h1-2,4-5,11,13H,3,6-7H2. The Morgan fingerprint density at radius 3 is 2.93 bits per heavy atom. The number of aliphatic hydroxyl groups excluding tert-OH is 1. The summed E-state index contributed by atoms with van der Waals surface area (Å²) in [4.78, 5) is 0.555. The summed E-state index contributed by atoms with van der Waals surface area (Å²) < 4.78 is 3.08. The molecule has 0 unspecified atom stereocenters. The zero-order valence-electron chi connectivity index (χ0n) is 7.73. The molecule has 0 aliphatic heterocycles. The summed E-state index contributed by atoms with van der Waals surface area (Å²) in [6.07, 6.45) is 0.706. The first-order valence-electron chi connectivity index (χ1n) is 4.57. The summed E-state index contributed by atoms with van der Waals surface area (Å²) in [5.74, 6) is 0. The van der Waals surface area contributed by atoms with Crippen molar-refractivity contribution >= 4 is 21.6 Å². The van der Waals surface area contributed by atoms with Crippen molar-refractivity contribution in [2.45, 2.75) is 13.0 Å². The summed E-state index contributed by atoms with van der Waals surface area (Å²) in [6.45, 7) is 0.899. The Labute approximate surface area is 85.8 Å². The molecule has 0 saturated carbocycles. The topological polar surface area (TPSA) is 49.0 Å². The molecule has 0 aliphatic carbocycles. The Morgan fingerprint density at radius 1 is 1.36 bits per heavy atom. The lowest BCUT2D eigenvalue weighted by Gasteiger charge is -2.01. The highest BCUT2D eigenvalue weighted by molar-refractivity contribution is 7.16. The minimum Gasteiger partial charge on any atom is -0.396 e. The van der Waals surface area contributed by atoms with Gasteiger partial charge in [0.1, 0.15) is 0 Å². The largest absolute Gasteiger partial charge is 0.396 e. The third-order valence-corrected chi connectivity index (χ3v) is 3.13. The van der Waals surface area contributed by atoms with E-state index in [9.17, 15) is 0 Å². The van der Waals surface area contributed by atoms with E-state index in [-0.39, 0.29) is 6.61 Å². The molecule has 0 spiro atoms. The Hall–Kier alpha value is -1.13. The van der Waals surface area contributed by atoms with Gasteiger partial charge in [0.2, 0.25) is 0 Å². The number of fused-ring (bicyclic) bond motifs is 1. The minimum atomic E-state index is 0.177. The molecule has 2 aromatic rings. The maximum Gasteiger partial charge on any atom is 0.182 e. The number of benzene rings is 1. The van der Waals surface area contributed by atoms with Crippen molar-refractivity contribution in [3.63, 3.8) is 0 Å². The number of thiazole rings is 1. The number of nitrogens with zero attached hydrogens (tertiary/aromatic N) is 1. The molecule has 2 rings (SSSR count). The molecular weight excluding hydrogens is 196 g/mol. The van der Waals surface area contributed by atoms with Crippen LogP contribution in [0.15, 0.2) is 24.3 Å². The predicted molar refractivity (Wildman–Crippen MR) is 57.4 cm³/mol. The molecule has 0 saturated heterocycles. The van der Waals surface area contributed by atoms with Crippen LogP contribution in [0.5, 0.6) is 0 Å². The highest BCUT2D eigenvalue weighted by Crippen LogP contribution is 2.16. The lowest BCUT2D eigenvalue weighted by atomic mass is 10.3. The smallest absolute Gasteiger partial charge is 0.182 e. The highest BCUT2D eigenvalue weighted by atomic mass is 32.1. The van der Waals surface area contributed by atoms with Gasteiger partial charge in [-0.25, -0.2) is 0 Å². The van der Waals surface area contributed by atoms with Gasteiger partial charge in [0, 0.05) is 13.2 Å². The lowest BCUT2D eigenvalue weighted by molar-refractivity contribution is 0.280. The van der Waals surface area contributed by atoms with Gasteiger partial charge in [0.05, 0.1) is 10.2 Å². The Morgan fingerprint density at radius 2 is 2.14 bits per heavy atom. The molecular formula is C10H12N2OS. The van der Waals surface area contributed by atoms with Gasteiger partial charge in [-0.1, -0.05) is 23.5 Å². The molecule has 0 aliphatic rings. The zero-order chi connectivity index (χ0) is 9.97. The molecule has 2 N–H and O–H groups in total. The summed E-state index contributed by atoms with van der Waals surface area (Å²) >= 11 is 1.48. The van der Waals surface area contributed by atoms with Crippen molar-refractivity contribution < 1.29 is 5.11 Å². The van der Waals surface area contributed by atoms with Crippen LogP contribution < -0.4 is 4.80 Å². The number of aromatic nitrogens is 1. The van der Waals surface area contributed by atoms with Crippen LogP contribution in [0.25, 0.3) is 10.2 Å². The minimum absolute atomic E-state index is 0.177.